The first kappa shape index (κ1) is 18.6. The van der Waals surface area contributed by atoms with E-state index in [1.807, 2.05) is 32.9 Å². The SMILES string of the molecule is CN(C(=O)c1cc2cccc(Cl)c2[nH]1)C1CCN(C(=O)OC(C)(C)C)C1. The smallest absolute Gasteiger partial charge is 0.410 e. The maximum absolute atomic E-state index is 12.8. The summed E-state index contributed by atoms with van der Waals surface area (Å²) < 4.78 is 5.41. The van der Waals surface area contributed by atoms with Gasteiger partial charge in [0.15, 0.2) is 0 Å². The van der Waals surface area contributed by atoms with Crippen molar-refractivity contribution in [3.8, 4) is 0 Å². The normalized spacial score (nSPS) is 17.6. The summed E-state index contributed by atoms with van der Waals surface area (Å²) in [6.07, 6.45) is 0.390. The highest BCUT2D eigenvalue weighted by molar-refractivity contribution is 6.35. The molecule has 0 aliphatic carbocycles. The number of likely N-dealkylation sites (N-methyl/N-ethyl adjacent to an activating group) is 1. The molecule has 1 unspecified atom stereocenters. The third kappa shape index (κ3) is 3.80. The molecule has 1 aromatic carbocycles. The van der Waals surface area contributed by atoms with Crippen molar-refractivity contribution in [1.29, 1.82) is 0 Å². The van der Waals surface area contributed by atoms with Gasteiger partial charge in [0.05, 0.1) is 16.6 Å². The Balaban J connectivity index is 1.69. The molecule has 6 nitrogen and oxygen atoms in total. The Morgan fingerprint density at radius 3 is 2.73 bits per heavy atom. The Hall–Kier alpha value is -2.21. The Morgan fingerprint density at radius 1 is 1.35 bits per heavy atom. The molecular formula is C19H24ClN3O3. The minimum Gasteiger partial charge on any atom is -0.444 e. The second-order valence-electron chi connectivity index (χ2n) is 7.67. The van der Waals surface area contributed by atoms with Gasteiger partial charge in [-0.05, 0) is 39.3 Å². The monoisotopic (exact) mass is 377 g/mol. The van der Waals surface area contributed by atoms with Gasteiger partial charge in [0.25, 0.3) is 5.91 Å². The van der Waals surface area contributed by atoms with E-state index in [4.69, 9.17) is 16.3 Å². The van der Waals surface area contributed by atoms with Gasteiger partial charge in [-0.3, -0.25) is 4.79 Å². The van der Waals surface area contributed by atoms with E-state index in [2.05, 4.69) is 4.98 Å². The number of likely N-dealkylation sites (tertiary alicyclic amines) is 1. The fourth-order valence-corrected chi connectivity index (χ4v) is 3.37. The summed E-state index contributed by atoms with van der Waals surface area (Å²) in [4.78, 5) is 31.5. The van der Waals surface area contributed by atoms with Crippen LogP contribution in [0.3, 0.4) is 0 Å². The Morgan fingerprint density at radius 2 is 2.08 bits per heavy atom. The summed E-state index contributed by atoms with van der Waals surface area (Å²) in [5.74, 6) is -0.117. The van der Waals surface area contributed by atoms with E-state index in [0.717, 1.165) is 17.3 Å². The van der Waals surface area contributed by atoms with Gasteiger partial charge in [0.1, 0.15) is 11.3 Å². The molecule has 3 rings (SSSR count). The number of hydrogen-bond acceptors (Lipinski definition) is 3. The van der Waals surface area contributed by atoms with E-state index in [9.17, 15) is 9.59 Å². The average Bonchev–Trinajstić information content (AvgIpc) is 3.19. The first-order valence-electron chi connectivity index (χ1n) is 8.68. The molecule has 2 amide bonds. The van der Waals surface area contributed by atoms with Crippen LogP contribution in [0.25, 0.3) is 10.9 Å². The molecule has 1 fully saturated rings. The van der Waals surface area contributed by atoms with Gasteiger partial charge in [-0.2, -0.15) is 0 Å². The lowest BCUT2D eigenvalue weighted by atomic mass is 10.2. The molecule has 1 saturated heterocycles. The van der Waals surface area contributed by atoms with Crippen LogP contribution in [0, 0.1) is 0 Å². The number of carbonyl (C=O) groups excluding carboxylic acids is 2. The van der Waals surface area contributed by atoms with E-state index >= 15 is 0 Å². The molecular weight excluding hydrogens is 354 g/mol. The van der Waals surface area contributed by atoms with Crippen LogP contribution in [0.4, 0.5) is 4.79 Å². The van der Waals surface area contributed by atoms with Crippen LogP contribution in [0.2, 0.25) is 5.02 Å². The molecule has 2 aromatic rings. The van der Waals surface area contributed by atoms with E-state index in [-0.39, 0.29) is 18.0 Å². The fraction of sp³-hybridized carbons (Fsp3) is 0.474. The maximum atomic E-state index is 12.8. The summed E-state index contributed by atoms with van der Waals surface area (Å²) in [6.45, 7) is 6.58. The third-order valence-electron chi connectivity index (χ3n) is 4.52. The standard InChI is InChI=1S/C19H24ClN3O3/c1-19(2,3)26-18(25)23-9-8-13(11-23)22(4)17(24)15-10-12-6-5-7-14(20)16(12)21-15/h5-7,10,13,21H,8-9,11H2,1-4H3. The summed E-state index contributed by atoms with van der Waals surface area (Å²) in [7, 11) is 1.76. The number of aromatic amines is 1. The minimum absolute atomic E-state index is 0.0445. The summed E-state index contributed by atoms with van der Waals surface area (Å²) in [6, 6.07) is 7.31. The number of amides is 2. The molecule has 0 bridgehead atoms. The molecule has 26 heavy (non-hydrogen) atoms. The number of aromatic nitrogens is 1. The highest BCUT2D eigenvalue weighted by atomic mass is 35.5. The van der Waals surface area contributed by atoms with E-state index in [0.29, 0.717) is 23.8 Å². The van der Waals surface area contributed by atoms with Crippen molar-refractivity contribution in [3.05, 3.63) is 35.0 Å². The van der Waals surface area contributed by atoms with Crippen LogP contribution in [-0.2, 0) is 4.74 Å². The first-order valence-corrected chi connectivity index (χ1v) is 9.06. The maximum Gasteiger partial charge on any atom is 0.410 e. The quantitative estimate of drug-likeness (QED) is 0.863. The Bertz CT molecular complexity index is 840. The zero-order chi connectivity index (χ0) is 19.1. The number of fused-ring (bicyclic) bond motifs is 1. The predicted molar refractivity (Wildman–Crippen MR) is 102 cm³/mol. The number of carbonyl (C=O) groups is 2. The molecule has 0 radical (unpaired) electrons. The van der Waals surface area contributed by atoms with Gasteiger partial charge in [0, 0.05) is 25.5 Å². The summed E-state index contributed by atoms with van der Waals surface area (Å²) in [5.41, 5.74) is 0.722. The highest BCUT2D eigenvalue weighted by Gasteiger charge is 2.33. The first-order chi connectivity index (χ1) is 12.2. The van der Waals surface area contributed by atoms with Gasteiger partial charge < -0.3 is 19.5 Å². The van der Waals surface area contributed by atoms with Gasteiger partial charge in [-0.15, -0.1) is 0 Å². The number of nitrogens with one attached hydrogen (secondary N) is 1. The average molecular weight is 378 g/mol. The lowest BCUT2D eigenvalue weighted by Gasteiger charge is -2.26. The summed E-state index contributed by atoms with van der Waals surface area (Å²) in [5, 5.41) is 1.48. The lowest BCUT2D eigenvalue weighted by molar-refractivity contribution is 0.0279. The van der Waals surface area contributed by atoms with Gasteiger partial charge >= 0.3 is 6.09 Å². The topological polar surface area (TPSA) is 65.6 Å². The van der Waals surface area contributed by atoms with Crippen LogP contribution >= 0.6 is 11.6 Å². The van der Waals surface area contributed by atoms with Crippen LogP contribution in [-0.4, -0.2) is 58.6 Å². The molecule has 0 saturated carbocycles. The number of halogens is 1. The molecule has 1 N–H and O–H groups in total. The third-order valence-corrected chi connectivity index (χ3v) is 4.83. The van der Waals surface area contributed by atoms with E-state index in [1.54, 1.807) is 29.0 Å². The van der Waals surface area contributed by atoms with E-state index < -0.39 is 5.60 Å². The second kappa shape index (κ2) is 6.83. The van der Waals surface area contributed by atoms with E-state index in [1.165, 1.54) is 0 Å². The molecule has 2 heterocycles. The van der Waals surface area contributed by atoms with Crippen LogP contribution in [0.1, 0.15) is 37.7 Å². The number of nitrogens with zero attached hydrogens (tertiary/aromatic N) is 2. The minimum atomic E-state index is -0.527. The zero-order valence-electron chi connectivity index (χ0n) is 15.5. The van der Waals surface area contributed by atoms with Crippen LogP contribution in [0.5, 0.6) is 0 Å². The van der Waals surface area contributed by atoms with Crippen LogP contribution < -0.4 is 0 Å². The van der Waals surface area contributed by atoms with Gasteiger partial charge in [-0.25, -0.2) is 4.79 Å². The molecule has 0 spiro atoms. The fourth-order valence-electron chi connectivity index (χ4n) is 3.14. The summed E-state index contributed by atoms with van der Waals surface area (Å²) >= 11 is 6.17. The number of H-pyrrole nitrogens is 1. The largest absolute Gasteiger partial charge is 0.444 e. The highest BCUT2D eigenvalue weighted by Crippen LogP contribution is 2.25. The van der Waals surface area contributed by atoms with Crippen molar-refractivity contribution >= 4 is 34.5 Å². The van der Waals surface area contributed by atoms with Crippen molar-refractivity contribution in [2.75, 3.05) is 20.1 Å². The molecule has 1 aliphatic rings. The number of hydrogen-bond donors (Lipinski definition) is 1. The number of ether oxygens (including phenoxy) is 1. The van der Waals surface area contributed by atoms with Gasteiger partial charge in [-0.1, -0.05) is 23.7 Å². The van der Waals surface area contributed by atoms with Crippen molar-refractivity contribution in [3.63, 3.8) is 0 Å². The van der Waals surface area contributed by atoms with Crippen molar-refractivity contribution < 1.29 is 14.3 Å². The number of rotatable bonds is 2. The van der Waals surface area contributed by atoms with Crippen molar-refractivity contribution in [2.45, 2.75) is 38.8 Å². The van der Waals surface area contributed by atoms with Gasteiger partial charge in [0.2, 0.25) is 0 Å². The molecule has 1 atom stereocenters. The lowest BCUT2D eigenvalue weighted by Crippen LogP contribution is -2.41. The zero-order valence-corrected chi connectivity index (χ0v) is 16.3. The molecule has 1 aliphatic heterocycles. The Kier molecular flexibility index (Phi) is 4.88. The Labute approximate surface area is 158 Å². The van der Waals surface area contributed by atoms with Crippen molar-refractivity contribution in [2.24, 2.45) is 0 Å². The van der Waals surface area contributed by atoms with Crippen molar-refractivity contribution in [1.82, 2.24) is 14.8 Å². The molecule has 140 valence electrons. The van der Waals surface area contributed by atoms with Crippen LogP contribution in [0.15, 0.2) is 24.3 Å². The second-order valence-corrected chi connectivity index (χ2v) is 8.08. The number of para-hydroxylation sites is 1. The molecule has 1 aromatic heterocycles. The molecule has 7 heteroatoms. The number of benzene rings is 1. The predicted octanol–water partition coefficient (Wildman–Crippen LogP) is 3.90.